The first-order valence-electron chi connectivity index (χ1n) is 6.23. The number of nitrogens with one attached hydrogen (secondary N) is 1. The van der Waals surface area contributed by atoms with Gasteiger partial charge in [-0.2, -0.15) is 0 Å². The largest absolute Gasteiger partial charge is 0.480 e. The van der Waals surface area contributed by atoms with Crippen LogP contribution < -0.4 is 5.32 Å². The predicted octanol–water partition coefficient (Wildman–Crippen LogP) is 1.63. The quantitative estimate of drug-likeness (QED) is 0.750. The van der Waals surface area contributed by atoms with E-state index in [9.17, 15) is 9.59 Å². The van der Waals surface area contributed by atoms with Crippen molar-refractivity contribution in [3.05, 3.63) is 35.9 Å². The van der Waals surface area contributed by atoms with Crippen LogP contribution in [0.15, 0.2) is 30.3 Å². The van der Waals surface area contributed by atoms with Gasteiger partial charge in [0.25, 0.3) is 0 Å². The van der Waals surface area contributed by atoms with Gasteiger partial charge in [-0.05, 0) is 16.5 Å². The maximum atomic E-state index is 11.6. The molecule has 0 radical (unpaired) electrons. The SMILES string of the molecule is C[S+](C)CC[C@@H](NC(=O)OCc1ccccc1)C(=O)O. The van der Waals surface area contributed by atoms with Crippen LogP contribution >= 0.6 is 0 Å². The smallest absolute Gasteiger partial charge is 0.408 e. The number of carbonyl (C=O) groups is 2. The summed E-state index contributed by atoms with van der Waals surface area (Å²) in [4.78, 5) is 22.6. The first-order chi connectivity index (χ1) is 9.49. The van der Waals surface area contributed by atoms with E-state index in [1.54, 1.807) is 0 Å². The summed E-state index contributed by atoms with van der Waals surface area (Å²) >= 11 is 0. The highest BCUT2D eigenvalue weighted by atomic mass is 32.2. The van der Waals surface area contributed by atoms with Crippen LogP contribution in [0.2, 0.25) is 0 Å². The molecule has 0 fully saturated rings. The highest BCUT2D eigenvalue weighted by Crippen LogP contribution is 2.02. The molecule has 0 aliphatic heterocycles. The molecule has 0 heterocycles. The van der Waals surface area contributed by atoms with E-state index >= 15 is 0 Å². The van der Waals surface area contributed by atoms with Crippen molar-refractivity contribution in [2.75, 3.05) is 18.3 Å². The van der Waals surface area contributed by atoms with Crippen molar-refractivity contribution in [1.29, 1.82) is 0 Å². The lowest BCUT2D eigenvalue weighted by atomic mass is 10.2. The standard InChI is InChI=1S/C14H19NO4S/c1-20(2)9-8-12(13(16)17)15-14(18)19-10-11-6-4-3-5-7-11/h3-7,12H,8-10H2,1-2H3,(H-,15,16,17,18)/p+1/t12-/m1/s1. The molecule has 1 amide bonds. The predicted molar refractivity (Wildman–Crippen MR) is 79.9 cm³/mol. The molecular formula is C14H20NO4S+. The summed E-state index contributed by atoms with van der Waals surface area (Å²) in [6.45, 7) is 0.130. The third kappa shape index (κ3) is 6.47. The molecule has 0 unspecified atom stereocenters. The van der Waals surface area contributed by atoms with Crippen LogP contribution in [0.25, 0.3) is 0 Å². The summed E-state index contributed by atoms with van der Waals surface area (Å²) in [6, 6.07) is 8.34. The molecule has 1 aromatic carbocycles. The van der Waals surface area contributed by atoms with E-state index in [2.05, 4.69) is 5.32 Å². The number of hydrogen-bond acceptors (Lipinski definition) is 3. The van der Waals surface area contributed by atoms with Crippen molar-refractivity contribution in [2.24, 2.45) is 0 Å². The second-order valence-electron chi connectivity index (χ2n) is 4.58. The molecule has 0 saturated heterocycles. The van der Waals surface area contributed by atoms with E-state index in [-0.39, 0.29) is 17.5 Å². The van der Waals surface area contributed by atoms with Gasteiger partial charge in [0.1, 0.15) is 18.4 Å². The van der Waals surface area contributed by atoms with Crippen LogP contribution in [0.3, 0.4) is 0 Å². The van der Waals surface area contributed by atoms with E-state index in [0.29, 0.717) is 6.42 Å². The first kappa shape index (κ1) is 16.4. The number of benzene rings is 1. The lowest BCUT2D eigenvalue weighted by Gasteiger charge is -2.13. The van der Waals surface area contributed by atoms with Gasteiger partial charge < -0.3 is 15.2 Å². The maximum absolute atomic E-state index is 11.6. The van der Waals surface area contributed by atoms with Crippen molar-refractivity contribution in [3.63, 3.8) is 0 Å². The van der Waals surface area contributed by atoms with Gasteiger partial charge in [0, 0.05) is 6.42 Å². The Bertz CT molecular complexity index is 436. The Morgan fingerprint density at radius 2 is 1.95 bits per heavy atom. The monoisotopic (exact) mass is 298 g/mol. The number of rotatable bonds is 7. The molecule has 0 aromatic heterocycles. The number of alkyl carbamates (subject to hydrolysis) is 1. The molecule has 1 aromatic rings. The van der Waals surface area contributed by atoms with Crippen LogP contribution in [0.4, 0.5) is 4.79 Å². The Kier molecular flexibility index (Phi) is 6.93. The van der Waals surface area contributed by atoms with Crippen molar-refractivity contribution in [2.45, 2.75) is 19.1 Å². The highest BCUT2D eigenvalue weighted by molar-refractivity contribution is 7.95. The number of aliphatic carboxylic acids is 1. The maximum Gasteiger partial charge on any atom is 0.408 e. The first-order valence-corrected chi connectivity index (χ1v) is 8.44. The van der Waals surface area contributed by atoms with E-state index in [0.717, 1.165) is 11.3 Å². The van der Waals surface area contributed by atoms with Crippen LogP contribution in [0.1, 0.15) is 12.0 Å². The van der Waals surface area contributed by atoms with Gasteiger partial charge >= 0.3 is 12.1 Å². The number of amides is 1. The lowest BCUT2D eigenvalue weighted by Crippen LogP contribution is -2.42. The summed E-state index contributed by atoms with van der Waals surface area (Å²) in [5, 5.41) is 11.4. The van der Waals surface area contributed by atoms with Crippen molar-refractivity contribution < 1.29 is 19.4 Å². The fourth-order valence-electron chi connectivity index (χ4n) is 1.52. The molecule has 1 atom stereocenters. The minimum absolute atomic E-state index is 0.130. The Hall–Kier alpha value is -1.69. The zero-order valence-electron chi connectivity index (χ0n) is 11.7. The zero-order chi connectivity index (χ0) is 15.0. The van der Waals surface area contributed by atoms with Crippen molar-refractivity contribution >= 4 is 23.0 Å². The second kappa shape index (κ2) is 8.47. The van der Waals surface area contributed by atoms with Gasteiger partial charge in [0.2, 0.25) is 0 Å². The normalized spacial score (nSPS) is 11.9. The fraction of sp³-hybridized carbons (Fsp3) is 0.429. The second-order valence-corrected chi connectivity index (χ2v) is 6.95. The Labute approximate surface area is 121 Å². The number of carbonyl (C=O) groups excluding carboxylic acids is 1. The molecule has 0 spiro atoms. The van der Waals surface area contributed by atoms with Crippen LogP contribution in [0, 0.1) is 0 Å². The van der Waals surface area contributed by atoms with Crippen LogP contribution in [-0.2, 0) is 27.0 Å². The summed E-state index contributed by atoms with van der Waals surface area (Å²) in [6.07, 6.45) is 3.78. The minimum Gasteiger partial charge on any atom is -0.480 e. The van der Waals surface area contributed by atoms with Gasteiger partial charge in [0.15, 0.2) is 0 Å². The van der Waals surface area contributed by atoms with Gasteiger partial charge in [-0.1, -0.05) is 30.3 Å². The van der Waals surface area contributed by atoms with E-state index in [1.165, 1.54) is 0 Å². The van der Waals surface area contributed by atoms with E-state index in [1.807, 2.05) is 42.8 Å². The Balaban J connectivity index is 2.40. The van der Waals surface area contributed by atoms with Crippen LogP contribution in [0.5, 0.6) is 0 Å². The number of ether oxygens (including phenoxy) is 1. The van der Waals surface area contributed by atoms with Gasteiger partial charge in [0.05, 0.1) is 12.5 Å². The minimum atomic E-state index is -1.04. The molecule has 0 aliphatic rings. The van der Waals surface area contributed by atoms with E-state index in [4.69, 9.17) is 9.84 Å². The van der Waals surface area contributed by atoms with Gasteiger partial charge in [-0.15, -0.1) is 0 Å². The fourth-order valence-corrected chi connectivity index (χ4v) is 2.23. The highest BCUT2D eigenvalue weighted by Gasteiger charge is 2.22. The van der Waals surface area contributed by atoms with Crippen LogP contribution in [-0.4, -0.2) is 41.5 Å². The molecule has 110 valence electrons. The van der Waals surface area contributed by atoms with Gasteiger partial charge in [-0.3, -0.25) is 0 Å². The van der Waals surface area contributed by atoms with Gasteiger partial charge in [-0.25, -0.2) is 9.59 Å². The van der Waals surface area contributed by atoms with Crippen molar-refractivity contribution in [1.82, 2.24) is 5.32 Å². The number of carboxylic acids is 1. The Morgan fingerprint density at radius 1 is 1.30 bits per heavy atom. The Morgan fingerprint density at radius 3 is 2.50 bits per heavy atom. The zero-order valence-corrected chi connectivity index (χ0v) is 12.5. The van der Waals surface area contributed by atoms with Crippen molar-refractivity contribution in [3.8, 4) is 0 Å². The van der Waals surface area contributed by atoms with E-state index < -0.39 is 18.1 Å². The molecular weight excluding hydrogens is 278 g/mol. The molecule has 5 nitrogen and oxygen atoms in total. The third-order valence-corrected chi connectivity index (χ3v) is 3.67. The molecule has 0 bridgehead atoms. The number of hydrogen-bond donors (Lipinski definition) is 2. The topological polar surface area (TPSA) is 75.6 Å². The molecule has 0 aliphatic carbocycles. The third-order valence-electron chi connectivity index (χ3n) is 2.62. The molecule has 6 heteroatoms. The number of carboxylic acid groups (broad SMARTS) is 1. The molecule has 20 heavy (non-hydrogen) atoms. The summed E-state index contributed by atoms with van der Waals surface area (Å²) < 4.78 is 5.00. The molecule has 0 saturated carbocycles. The average Bonchev–Trinajstić information content (AvgIpc) is 2.41. The summed E-state index contributed by atoms with van der Waals surface area (Å²) in [5.74, 6) is -0.275. The average molecular weight is 298 g/mol. The lowest BCUT2D eigenvalue weighted by molar-refractivity contribution is -0.139. The molecule has 1 rings (SSSR count). The summed E-state index contributed by atoms with van der Waals surface area (Å²) in [7, 11) is 0.144. The summed E-state index contributed by atoms with van der Waals surface area (Å²) in [5.41, 5.74) is 0.859. The molecule has 2 N–H and O–H groups in total.